The van der Waals surface area contributed by atoms with Crippen molar-refractivity contribution in [2.24, 2.45) is 0 Å². The van der Waals surface area contributed by atoms with Gasteiger partial charge < -0.3 is 0 Å². The van der Waals surface area contributed by atoms with E-state index in [1.165, 1.54) is 0 Å². The maximum Gasteiger partial charge on any atom is 0.367 e. The number of hydrogen-bond acceptors (Lipinski definition) is 2. The first-order chi connectivity index (χ1) is 2.00. The summed E-state index contributed by atoms with van der Waals surface area (Å²) >= 11 is 0. The normalized spacial score (nSPS) is 9.67. The monoisotopic (exact) mass is 135 g/mol. The third kappa shape index (κ3) is 49.3. The van der Waals surface area contributed by atoms with Gasteiger partial charge in [-0.2, -0.15) is 8.42 Å². The molecule has 2 radical (unpaired) electrons. The Morgan fingerprint density at radius 2 is 1.50 bits per heavy atom. The Hall–Kier alpha value is 1.51. The first kappa shape index (κ1) is 10.5. The van der Waals surface area contributed by atoms with Crippen LogP contribution in [0.2, 0.25) is 0 Å². The minimum atomic E-state index is -4.67. The average Bonchev–Trinajstić information content (AvgIpc) is 0.722. The summed E-state index contributed by atoms with van der Waals surface area (Å²) < 4.78 is 24.5. The third-order valence-electron chi connectivity index (χ3n) is 0. The van der Waals surface area contributed by atoms with Gasteiger partial charge in [0, 0.05) is 5.14 Å². The van der Waals surface area contributed by atoms with E-state index < -0.39 is 10.3 Å². The van der Waals surface area contributed by atoms with Crippen LogP contribution in [0.3, 0.4) is 0 Å². The van der Waals surface area contributed by atoms with Crippen LogP contribution in [-0.4, -0.2) is 64.4 Å². The van der Waals surface area contributed by atoms with E-state index in [0.717, 1.165) is 0 Å². The van der Waals surface area contributed by atoms with Crippen LogP contribution in [0, 0.1) is 0 Å². The van der Waals surface area contributed by atoms with Crippen molar-refractivity contribution in [2.45, 2.75) is 0 Å². The van der Waals surface area contributed by atoms with Crippen molar-refractivity contribution in [3.8, 4) is 0 Å². The van der Waals surface area contributed by atoms with Gasteiger partial charge >= 0.3 is 61.7 Å². The Kier molecular flexibility index (Phi) is 6.12. The van der Waals surface area contributed by atoms with Crippen molar-refractivity contribution in [2.75, 3.05) is 0 Å². The van der Waals surface area contributed by atoms with Gasteiger partial charge in [-0.25, -0.2) is 0 Å². The third-order valence-corrected chi connectivity index (χ3v) is 0. The fourth-order valence-corrected chi connectivity index (χ4v) is 0. The van der Waals surface area contributed by atoms with Gasteiger partial charge in [0.2, 0.25) is 0 Å². The van der Waals surface area contributed by atoms with Gasteiger partial charge in [0.25, 0.3) is 0 Å². The Labute approximate surface area is 78.4 Å². The number of hydrogen-bond donors (Lipinski definition) is 1. The zero-order chi connectivity index (χ0) is 4.50. The molecule has 1 N–H and O–H groups in total. The molecule has 0 fully saturated rings. The van der Waals surface area contributed by atoms with Gasteiger partial charge in [-0.05, 0) is 0 Å². The minimum absolute atomic E-state index is 0. The SMILES string of the molecule is [KH].[N]S(=O)(=O)O. The van der Waals surface area contributed by atoms with Crippen LogP contribution >= 0.6 is 0 Å². The van der Waals surface area contributed by atoms with Crippen molar-refractivity contribution in [1.82, 2.24) is 5.14 Å². The van der Waals surface area contributed by atoms with Crippen LogP contribution in [0.25, 0.3) is 0 Å². The molecule has 4 nitrogen and oxygen atoms in total. The average molecular weight is 135 g/mol. The van der Waals surface area contributed by atoms with E-state index in [2.05, 4.69) is 0 Å². The van der Waals surface area contributed by atoms with E-state index in [1.807, 2.05) is 0 Å². The Balaban J connectivity index is 0. The number of rotatable bonds is 0. The molecule has 0 unspecified atom stereocenters. The molecule has 32 valence electrons. The Morgan fingerprint density at radius 1 is 1.50 bits per heavy atom. The van der Waals surface area contributed by atoms with Gasteiger partial charge in [-0.1, -0.05) is 0 Å². The minimum Gasteiger partial charge on any atom is -0.271 e. The maximum atomic E-state index is 8.74. The molecule has 0 amide bonds. The summed E-state index contributed by atoms with van der Waals surface area (Å²) in [6.45, 7) is 0. The predicted octanol–water partition coefficient (Wildman–Crippen LogP) is -1.79. The molecule has 0 aliphatic heterocycles. The molecule has 0 saturated heterocycles. The van der Waals surface area contributed by atoms with Crippen LogP contribution in [-0.2, 0) is 10.3 Å². The van der Waals surface area contributed by atoms with E-state index in [-0.39, 0.29) is 51.4 Å². The summed E-state index contributed by atoms with van der Waals surface area (Å²) in [5.41, 5.74) is 0. The topological polar surface area (TPSA) is 76.7 Å². The van der Waals surface area contributed by atoms with Crippen LogP contribution < -0.4 is 5.14 Å². The van der Waals surface area contributed by atoms with Gasteiger partial charge in [0.15, 0.2) is 0 Å². The van der Waals surface area contributed by atoms with Crippen molar-refractivity contribution < 1.29 is 13.0 Å². The molecule has 0 aromatic rings. The quantitative estimate of drug-likeness (QED) is 0.315. The van der Waals surface area contributed by atoms with Gasteiger partial charge in [0.05, 0.1) is 0 Å². The first-order valence-corrected chi connectivity index (χ1v) is 2.10. The molecule has 0 aromatic heterocycles. The molecule has 0 aromatic carbocycles. The second-order valence-corrected chi connectivity index (χ2v) is 1.34. The van der Waals surface area contributed by atoms with E-state index in [1.54, 1.807) is 0 Å². The summed E-state index contributed by atoms with van der Waals surface area (Å²) in [5.74, 6) is 0. The smallest absolute Gasteiger partial charge is 0.271 e. The number of nitrogens with zero attached hydrogens (tertiary/aromatic N) is 1. The Morgan fingerprint density at radius 3 is 1.50 bits per heavy atom. The predicted molar refractivity (Wildman–Crippen MR) is 20.8 cm³/mol. The largest absolute Gasteiger partial charge is 0.367 e. The van der Waals surface area contributed by atoms with Crippen molar-refractivity contribution in [3.63, 3.8) is 0 Å². The zero-order valence-electron chi connectivity index (χ0n) is 2.12. The molecule has 0 aliphatic carbocycles. The zero-order valence-corrected chi connectivity index (χ0v) is 2.94. The molecule has 0 aliphatic rings. The van der Waals surface area contributed by atoms with E-state index in [4.69, 9.17) is 18.1 Å². The van der Waals surface area contributed by atoms with Crippen molar-refractivity contribution >= 4 is 61.7 Å². The van der Waals surface area contributed by atoms with E-state index in [0.29, 0.717) is 0 Å². The fourth-order valence-electron chi connectivity index (χ4n) is 0. The van der Waals surface area contributed by atoms with Crippen LogP contribution in [0.1, 0.15) is 0 Å². The summed E-state index contributed by atoms with van der Waals surface area (Å²) in [4.78, 5) is 0. The fraction of sp³-hybridized carbons (Fsp3) is 0. The van der Waals surface area contributed by atoms with Gasteiger partial charge in [-0.3, -0.25) is 4.55 Å². The van der Waals surface area contributed by atoms with Gasteiger partial charge in [0.1, 0.15) is 0 Å². The molecule has 0 saturated carbocycles. The summed E-state index contributed by atoms with van der Waals surface area (Å²) in [6, 6.07) is 0. The second-order valence-electron chi connectivity index (χ2n) is 0.448. The first-order valence-electron chi connectivity index (χ1n) is 0.698. The molecular weight excluding hydrogens is 133 g/mol. The van der Waals surface area contributed by atoms with Crippen molar-refractivity contribution in [1.29, 1.82) is 0 Å². The summed E-state index contributed by atoms with van der Waals surface area (Å²) in [6.07, 6.45) is 0. The van der Waals surface area contributed by atoms with Crippen LogP contribution in [0.4, 0.5) is 0 Å². The molecule has 0 heterocycles. The molecule has 0 rings (SSSR count). The maximum absolute atomic E-state index is 8.74. The molecule has 0 spiro atoms. The molecule has 6 heteroatoms. The molecule has 0 bridgehead atoms. The molecular formula is H2KNO3S. The molecule has 0 atom stereocenters. The summed E-state index contributed by atoms with van der Waals surface area (Å²) in [5, 5.41) is 7.05. The van der Waals surface area contributed by atoms with Crippen LogP contribution in [0.5, 0.6) is 0 Å². The van der Waals surface area contributed by atoms with Crippen molar-refractivity contribution in [3.05, 3.63) is 0 Å². The summed E-state index contributed by atoms with van der Waals surface area (Å²) in [7, 11) is -4.67. The molecule has 6 heavy (non-hydrogen) atoms. The van der Waals surface area contributed by atoms with E-state index in [9.17, 15) is 0 Å². The second kappa shape index (κ2) is 3.50. The standard InChI is InChI=1S/K.HNO3S.H/c;1-5(2,3)4;/h;(H,2,3,4);. The Bertz CT molecular complexity index is 94.0. The van der Waals surface area contributed by atoms with Gasteiger partial charge in [-0.15, -0.1) is 0 Å². The van der Waals surface area contributed by atoms with Crippen LogP contribution in [0.15, 0.2) is 0 Å². The van der Waals surface area contributed by atoms with E-state index >= 15 is 0 Å².